The van der Waals surface area contributed by atoms with Crippen LogP contribution in [0.2, 0.25) is 0 Å². The van der Waals surface area contributed by atoms with E-state index < -0.39 is 0 Å². The van der Waals surface area contributed by atoms with Crippen molar-refractivity contribution in [2.75, 3.05) is 49.1 Å². The zero-order valence-electron chi connectivity index (χ0n) is 15.0. The maximum Gasteiger partial charge on any atom is 0.230 e. The van der Waals surface area contributed by atoms with Crippen LogP contribution in [0.15, 0.2) is 10.5 Å². The molecule has 0 radical (unpaired) electrons. The van der Waals surface area contributed by atoms with Crippen molar-refractivity contribution in [3.8, 4) is 0 Å². The van der Waals surface area contributed by atoms with Gasteiger partial charge in [-0.1, -0.05) is 0 Å². The molecular formula is C17H25N7O. The molecule has 2 aromatic rings. The third-order valence-electron chi connectivity index (χ3n) is 4.84. The summed E-state index contributed by atoms with van der Waals surface area (Å²) in [4.78, 5) is 16.5. The summed E-state index contributed by atoms with van der Waals surface area (Å²) in [5, 5.41) is 7.98. The van der Waals surface area contributed by atoms with E-state index in [0.29, 0.717) is 18.3 Å². The average molecular weight is 343 g/mol. The number of aryl methyl sites for hydroxylation is 2. The zero-order chi connectivity index (χ0) is 17.2. The van der Waals surface area contributed by atoms with Crippen LogP contribution < -0.4 is 9.80 Å². The van der Waals surface area contributed by atoms with Gasteiger partial charge in [-0.2, -0.15) is 4.98 Å². The molecule has 8 heteroatoms. The van der Waals surface area contributed by atoms with Gasteiger partial charge in [-0.3, -0.25) is 4.90 Å². The van der Waals surface area contributed by atoms with Crippen molar-refractivity contribution in [1.82, 2.24) is 25.1 Å². The van der Waals surface area contributed by atoms with E-state index in [1.54, 1.807) is 0 Å². The van der Waals surface area contributed by atoms with Crippen LogP contribution in [-0.4, -0.2) is 64.3 Å². The van der Waals surface area contributed by atoms with Crippen LogP contribution in [0.4, 0.5) is 11.8 Å². The minimum Gasteiger partial charge on any atom is -0.424 e. The lowest BCUT2D eigenvalue weighted by atomic mass is 10.3. The summed E-state index contributed by atoms with van der Waals surface area (Å²) < 4.78 is 5.48. The first-order chi connectivity index (χ1) is 12.2. The first-order valence-corrected chi connectivity index (χ1v) is 9.04. The SMILES string of the molecule is Cc1cc(N2CCCC2)nc(N2CCN(Cc3nnc(C)o3)CC2)n1. The molecule has 0 spiro atoms. The molecule has 4 rings (SSSR count). The normalized spacial score (nSPS) is 19.0. The van der Waals surface area contributed by atoms with Gasteiger partial charge in [-0.15, -0.1) is 10.2 Å². The summed E-state index contributed by atoms with van der Waals surface area (Å²) in [6.45, 7) is 10.5. The summed E-state index contributed by atoms with van der Waals surface area (Å²) in [5.41, 5.74) is 1.04. The van der Waals surface area contributed by atoms with E-state index in [1.807, 2.05) is 6.92 Å². The predicted molar refractivity (Wildman–Crippen MR) is 94.7 cm³/mol. The molecule has 8 nitrogen and oxygen atoms in total. The van der Waals surface area contributed by atoms with Crippen molar-refractivity contribution in [2.45, 2.75) is 33.2 Å². The summed E-state index contributed by atoms with van der Waals surface area (Å²) in [6, 6.07) is 2.10. The van der Waals surface area contributed by atoms with E-state index in [2.05, 4.69) is 42.9 Å². The maximum atomic E-state index is 5.48. The molecule has 0 aromatic carbocycles. The standard InChI is InChI=1S/C17H25N7O/c1-13-11-15(23-5-3-4-6-23)19-17(18-13)24-9-7-22(8-10-24)12-16-21-20-14(2)25-16/h11H,3-10,12H2,1-2H3. The molecule has 0 aliphatic carbocycles. The van der Waals surface area contributed by atoms with E-state index >= 15 is 0 Å². The molecule has 2 aliphatic rings. The molecule has 134 valence electrons. The van der Waals surface area contributed by atoms with Gasteiger partial charge in [0.25, 0.3) is 0 Å². The van der Waals surface area contributed by atoms with Crippen molar-refractivity contribution in [3.63, 3.8) is 0 Å². The van der Waals surface area contributed by atoms with Crippen LogP contribution in [0.5, 0.6) is 0 Å². The maximum absolute atomic E-state index is 5.48. The number of rotatable bonds is 4. The predicted octanol–water partition coefficient (Wildman–Crippen LogP) is 1.40. The first kappa shape index (κ1) is 16.3. The Hall–Kier alpha value is -2.22. The Bertz CT molecular complexity index is 718. The molecule has 2 aromatic heterocycles. The fraction of sp³-hybridized carbons (Fsp3) is 0.647. The number of nitrogens with zero attached hydrogens (tertiary/aromatic N) is 7. The summed E-state index contributed by atoms with van der Waals surface area (Å²) in [5.74, 6) is 3.24. The van der Waals surface area contributed by atoms with E-state index in [-0.39, 0.29) is 0 Å². The number of anilines is 2. The number of hydrogen-bond donors (Lipinski definition) is 0. The van der Waals surface area contributed by atoms with Gasteiger partial charge in [0.05, 0.1) is 6.54 Å². The van der Waals surface area contributed by atoms with E-state index in [1.165, 1.54) is 12.8 Å². The lowest BCUT2D eigenvalue weighted by Crippen LogP contribution is -2.46. The van der Waals surface area contributed by atoms with Crippen molar-refractivity contribution >= 4 is 11.8 Å². The quantitative estimate of drug-likeness (QED) is 0.825. The third-order valence-corrected chi connectivity index (χ3v) is 4.84. The van der Waals surface area contributed by atoms with Crippen LogP contribution in [0, 0.1) is 13.8 Å². The molecule has 25 heavy (non-hydrogen) atoms. The second-order valence-electron chi connectivity index (χ2n) is 6.84. The molecule has 0 saturated carbocycles. The van der Waals surface area contributed by atoms with Crippen LogP contribution >= 0.6 is 0 Å². The number of hydrogen-bond acceptors (Lipinski definition) is 8. The minimum atomic E-state index is 0.622. The molecule has 4 heterocycles. The second kappa shape index (κ2) is 6.95. The zero-order valence-corrected chi connectivity index (χ0v) is 15.0. The first-order valence-electron chi connectivity index (χ1n) is 9.04. The lowest BCUT2D eigenvalue weighted by molar-refractivity contribution is 0.224. The van der Waals surface area contributed by atoms with Crippen molar-refractivity contribution in [1.29, 1.82) is 0 Å². The number of aromatic nitrogens is 4. The van der Waals surface area contributed by atoms with Gasteiger partial charge in [-0.25, -0.2) is 4.98 Å². The Morgan fingerprint density at radius 3 is 2.36 bits per heavy atom. The largest absolute Gasteiger partial charge is 0.424 e. The fourth-order valence-electron chi connectivity index (χ4n) is 3.48. The Labute approximate surface area is 147 Å². The fourth-order valence-corrected chi connectivity index (χ4v) is 3.48. The molecule has 0 unspecified atom stereocenters. The average Bonchev–Trinajstić information content (AvgIpc) is 3.27. The highest BCUT2D eigenvalue weighted by Crippen LogP contribution is 2.22. The summed E-state index contributed by atoms with van der Waals surface area (Å²) >= 11 is 0. The number of piperazine rings is 1. The minimum absolute atomic E-state index is 0.622. The smallest absolute Gasteiger partial charge is 0.230 e. The molecule has 0 amide bonds. The van der Waals surface area contributed by atoms with E-state index in [4.69, 9.17) is 9.40 Å². The lowest BCUT2D eigenvalue weighted by Gasteiger charge is -2.34. The van der Waals surface area contributed by atoms with Crippen LogP contribution in [0.25, 0.3) is 0 Å². The Morgan fingerprint density at radius 2 is 1.68 bits per heavy atom. The monoisotopic (exact) mass is 343 g/mol. The van der Waals surface area contributed by atoms with Crippen molar-refractivity contribution in [2.24, 2.45) is 0 Å². The van der Waals surface area contributed by atoms with E-state index in [0.717, 1.165) is 56.7 Å². The molecule has 0 atom stereocenters. The van der Waals surface area contributed by atoms with Gasteiger partial charge in [0.15, 0.2) is 0 Å². The Kier molecular flexibility index (Phi) is 4.52. The highest BCUT2D eigenvalue weighted by Gasteiger charge is 2.22. The van der Waals surface area contributed by atoms with Crippen LogP contribution in [-0.2, 0) is 6.54 Å². The van der Waals surface area contributed by atoms with Gasteiger partial charge in [0, 0.05) is 58.0 Å². The summed E-state index contributed by atoms with van der Waals surface area (Å²) in [7, 11) is 0. The molecular weight excluding hydrogens is 318 g/mol. The van der Waals surface area contributed by atoms with Gasteiger partial charge in [0.1, 0.15) is 5.82 Å². The van der Waals surface area contributed by atoms with Crippen LogP contribution in [0.3, 0.4) is 0 Å². The highest BCUT2D eigenvalue weighted by atomic mass is 16.4. The van der Waals surface area contributed by atoms with Gasteiger partial charge >= 0.3 is 0 Å². The summed E-state index contributed by atoms with van der Waals surface area (Å²) in [6.07, 6.45) is 2.51. The van der Waals surface area contributed by atoms with Gasteiger partial charge in [0.2, 0.25) is 17.7 Å². The Morgan fingerprint density at radius 1 is 0.920 bits per heavy atom. The molecule has 2 aliphatic heterocycles. The van der Waals surface area contributed by atoms with Crippen molar-refractivity contribution < 1.29 is 4.42 Å². The van der Waals surface area contributed by atoms with E-state index in [9.17, 15) is 0 Å². The molecule has 0 N–H and O–H groups in total. The molecule has 2 fully saturated rings. The third kappa shape index (κ3) is 3.73. The van der Waals surface area contributed by atoms with Crippen LogP contribution in [0.1, 0.15) is 30.3 Å². The topological polar surface area (TPSA) is 74.4 Å². The van der Waals surface area contributed by atoms with Gasteiger partial charge in [-0.05, 0) is 19.8 Å². The second-order valence-corrected chi connectivity index (χ2v) is 6.84. The molecule has 0 bridgehead atoms. The van der Waals surface area contributed by atoms with Crippen molar-refractivity contribution in [3.05, 3.63) is 23.5 Å². The molecule has 2 saturated heterocycles. The van der Waals surface area contributed by atoms with Gasteiger partial charge < -0.3 is 14.2 Å². The Balaban J connectivity index is 1.40. The highest BCUT2D eigenvalue weighted by molar-refractivity contribution is 5.46.